The third-order valence-corrected chi connectivity index (χ3v) is 12.9. The Balaban J connectivity index is 1.41. The van der Waals surface area contributed by atoms with Gasteiger partial charge in [0.2, 0.25) is 0 Å². The standard InChI is InChI=1S/C23H34S2/c1-4-16-6-8-19-18-7-5-17-15-23(24-13-14-25-23)12-11-22(17,3)20(18)9-10-21(16,19)2/h4,6,17-20H,1,5,7-15H2,2-3H3/t17?,18-,19-,20-,21+,22-/m0/s1. The highest BCUT2D eigenvalue weighted by molar-refractivity contribution is 8.21. The minimum atomic E-state index is 0.444. The Morgan fingerprint density at radius 3 is 2.60 bits per heavy atom. The highest BCUT2D eigenvalue weighted by Gasteiger charge is 2.60. The average molecular weight is 375 g/mol. The Labute approximate surface area is 163 Å². The molecule has 0 aromatic carbocycles. The maximum Gasteiger partial charge on any atom is 0.0614 e. The lowest BCUT2D eigenvalue weighted by Crippen LogP contribution is -2.54. The van der Waals surface area contributed by atoms with E-state index in [1.807, 2.05) is 0 Å². The fourth-order valence-corrected chi connectivity index (χ4v) is 11.2. The van der Waals surface area contributed by atoms with E-state index < -0.39 is 0 Å². The van der Waals surface area contributed by atoms with Crippen molar-refractivity contribution in [1.29, 1.82) is 0 Å². The molecule has 5 aliphatic rings. The summed E-state index contributed by atoms with van der Waals surface area (Å²) in [5.74, 6) is 6.68. The SMILES string of the molecule is C=CC1=CC[C@H]2[C@@H]3CCC4CC5(CC[C@]4(C)[C@H]3CC[C@]12C)SCCS5. The Hall–Kier alpha value is 0.180. The predicted molar refractivity (Wildman–Crippen MR) is 113 cm³/mol. The summed E-state index contributed by atoms with van der Waals surface area (Å²) < 4.78 is 0.616. The molecule has 0 aromatic heterocycles. The van der Waals surface area contributed by atoms with Crippen LogP contribution >= 0.6 is 23.5 Å². The number of rotatable bonds is 1. The first-order valence-electron chi connectivity index (χ1n) is 10.6. The van der Waals surface area contributed by atoms with Gasteiger partial charge in [-0.15, -0.1) is 23.5 Å². The summed E-state index contributed by atoms with van der Waals surface area (Å²) in [6, 6.07) is 0. The van der Waals surface area contributed by atoms with Gasteiger partial charge in [0.1, 0.15) is 0 Å². The third-order valence-electron chi connectivity index (χ3n) is 9.34. The van der Waals surface area contributed by atoms with Crippen LogP contribution in [-0.2, 0) is 0 Å². The van der Waals surface area contributed by atoms with Crippen LogP contribution in [0.1, 0.15) is 65.2 Å². The zero-order valence-electron chi connectivity index (χ0n) is 16.1. The molecule has 0 bridgehead atoms. The monoisotopic (exact) mass is 374 g/mol. The molecular weight excluding hydrogens is 340 g/mol. The Kier molecular flexibility index (Phi) is 4.04. The Bertz CT molecular complexity index is 601. The van der Waals surface area contributed by atoms with Gasteiger partial charge in [-0.25, -0.2) is 0 Å². The van der Waals surface area contributed by atoms with Gasteiger partial charge in [0.25, 0.3) is 0 Å². The van der Waals surface area contributed by atoms with E-state index in [0.29, 0.717) is 14.9 Å². The molecule has 0 nitrogen and oxygen atoms in total. The molecule has 1 aliphatic heterocycles. The summed E-state index contributed by atoms with van der Waals surface area (Å²) in [7, 11) is 0. The highest BCUT2D eigenvalue weighted by atomic mass is 32.2. The Morgan fingerprint density at radius 1 is 1.04 bits per heavy atom. The molecule has 1 saturated heterocycles. The van der Waals surface area contributed by atoms with Gasteiger partial charge in [0.15, 0.2) is 0 Å². The predicted octanol–water partition coefficient (Wildman–Crippen LogP) is 6.93. The Morgan fingerprint density at radius 2 is 1.84 bits per heavy atom. The zero-order valence-corrected chi connectivity index (χ0v) is 17.7. The molecule has 4 aliphatic carbocycles. The van der Waals surface area contributed by atoms with Gasteiger partial charge in [-0.05, 0) is 91.4 Å². The number of hydrogen-bond acceptors (Lipinski definition) is 2. The molecule has 0 N–H and O–H groups in total. The van der Waals surface area contributed by atoms with Crippen molar-refractivity contribution in [1.82, 2.24) is 0 Å². The molecule has 138 valence electrons. The van der Waals surface area contributed by atoms with E-state index in [0.717, 1.165) is 23.7 Å². The lowest BCUT2D eigenvalue weighted by molar-refractivity contribution is -0.0987. The van der Waals surface area contributed by atoms with Crippen molar-refractivity contribution in [3.63, 3.8) is 0 Å². The van der Waals surface area contributed by atoms with Crippen molar-refractivity contribution < 1.29 is 0 Å². The van der Waals surface area contributed by atoms with Crippen LogP contribution in [0.5, 0.6) is 0 Å². The molecule has 6 atom stereocenters. The van der Waals surface area contributed by atoms with Crippen molar-refractivity contribution in [2.75, 3.05) is 11.5 Å². The van der Waals surface area contributed by atoms with Gasteiger partial charge in [-0.1, -0.05) is 32.6 Å². The molecule has 5 rings (SSSR count). The van der Waals surface area contributed by atoms with Gasteiger partial charge in [0.05, 0.1) is 4.08 Å². The maximum absolute atomic E-state index is 4.13. The van der Waals surface area contributed by atoms with Gasteiger partial charge in [0, 0.05) is 11.5 Å². The average Bonchev–Trinajstić information content (AvgIpc) is 3.19. The number of thioether (sulfide) groups is 2. The van der Waals surface area contributed by atoms with E-state index in [1.54, 1.807) is 5.57 Å². The summed E-state index contributed by atoms with van der Waals surface area (Å²) in [4.78, 5) is 0. The lowest BCUT2D eigenvalue weighted by Gasteiger charge is -2.62. The van der Waals surface area contributed by atoms with Crippen molar-refractivity contribution in [3.8, 4) is 0 Å². The van der Waals surface area contributed by atoms with Gasteiger partial charge < -0.3 is 0 Å². The molecule has 25 heavy (non-hydrogen) atoms. The van der Waals surface area contributed by atoms with Crippen LogP contribution in [0, 0.1) is 34.5 Å². The second-order valence-electron chi connectivity index (χ2n) is 10.0. The molecule has 1 heterocycles. The first kappa shape index (κ1) is 17.3. The number of hydrogen-bond donors (Lipinski definition) is 0. The van der Waals surface area contributed by atoms with Crippen LogP contribution in [0.25, 0.3) is 0 Å². The van der Waals surface area contributed by atoms with E-state index in [-0.39, 0.29) is 0 Å². The summed E-state index contributed by atoms with van der Waals surface area (Å²) >= 11 is 4.62. The number of fused-ring (bicyclic) bond motifs is 5. The van der Waals surface area contributed by atoms with E-state index >= 15 is 0 Å². The number of allylic oxidation sites excluding steroid dienone is 3. The molecule has 1 unspecified atom stereocenters. The van der Waals surface area contributed by atoms with Crippen LogP contribution in [0.3, 0.4) is 0 Å². The smallest absolute Gasteiger partial charge is 0.0614 e. The van der Waals surface area contributed by atoms with E-state index in [9.17, 15) is 0 Å². The first-order valence-corrected chi connectivity index (χ1v) is 12.6. The van der Waals surface area contributed by atoms with Crippen LogP contribution in [0.4, 0.5) is 0 Å². The van der Waals surface area contributed by atoms with Crippen molar-refractivity contribution >= 4 is 23.5 Å². The van der Waals surface area contributed by atoms with Crippen LogP contribution < -0.4 is 0 Å². The van der Waals surface area contributed by atoms with E-state index in [2.05, 4.69) is 56.1 Å². The van der Waals surface area contributed by atoms with Gasteiger partial charge in [-0.2, -0.15) is 0 Å². The summed E-state index contributed by atoms with van der Waals surface area (Å²) in [5, 5.41) is 0. The lowest BCUT2D eigenvalue weighted by atomic mass is 9.45. The third kappa shape index (κ3) is 2.35. The second-order valence-corrected chi connectivity index (χ2v) is 13.2. The fourth-order valence-electron chi connectivity index (χ4n) is 7.87. The van der Waals surface area contributed by atoms with E-state index in [4.69, 9.17) is 0 Å². The normalized spacial score (nSPS) is 50.7. The van der Waals surface area contributed by atoms with Gasteiger partial charge >= 0.3 is 0 Å². The van der Waals surface area contributed by atoms with Crippen molar-refractivity contribution in [2.24, 2.45) is 34.5 Å². The summed E-state index contributed by atoms with van der Waals surface area (Å²) in [5.41, 5.74) is 2.65. The molecule has 0 radical (unpaired) electrons. The fraction of sp³-hybridized carbons (Fsp3) is 0.826. The van der Waals surface area contributed by atoms with Crippen LogP contribution in [-0.4, -0.2) is 15.6 Å². The summed E-state index contributed by atoms with van der Waals surface area (Å²) in [6.45, 7) is 9.40. The molecular formula is C23H34S2. The van der Waals surface area contributed by atoms with Crippen molar-refractivity contribution in [2.45, 2.75) is 69.3 Å². The minimum absolute atomic E-state index is 0.444. The largest absolute Gasteiger partial charge is 0.143 e. The molecule has 1 spiro atoms. The van der Waals surface area contributed by atoms with Gasteiger partial charge in [-0.3, -0.25) is 0 Å². The first-order chi connectivity index (χ1) is 12.0. The molecule has 0 amide bonds. The zero-order chi connectivity index (χ0) is 17.3. The van der Waals surface area contributed by atoms with Crippen LogP contribution in [0.15, 0.2) is 24.3 Å². The molecule has 3 saturated carbocycles. The minimum Gasteiger partial charge on any atom is -0.143 e. The second kappa shape index (κ2) is 5.84. The van der Waals surface area contributed by atoms with Crippen LogP contribution in [0.2, 0.25) is 0 Å². The quantitative estimate of drug-likeness (QED) is 0.488. The molecule has 0 aromatic rings. The highest BCUT2D eigenvalue weighted by Crippen LogP contribution is 2.69. The van der Waals surface area contributed by atoms with Crippen molar-refractivity contribution in [3.05, 3.63) is 24.3 Å². The maximum atomic E-state index is 4.13. The summed E-state index contributed by atoms with van der Waals surface area (Å²) in [6.07, 6.45) is 16.4. The molecule has 4 fully saturated rings. The van der Waals surface area contributed by atoms with E-state index in [1.165, 1.54) is 62.9 Å². The molecule has 2 heteroatoms. The topological polar surface area (TPSA) is 0 Å².